The van der Waals surface area contributed by atoms with Crippen LogP contribution in [-0.2, 0) is 0 Å². The summed E-state index contributed by atoms with van der Waals surface area (Å²) in [6.07, 6.45) is 0.561. The molecule has 9 heteroatoms. The van der Waals surface area contributed by atoms with Crippen LogP contribution in [0.2, 0.25) is 0 Å². The van der Waals surface area contributed by atoms with E-state index in [2.05, 4.69) is 20.9 Å². The van der Waals surface area contributed by atoms with Crippen LogP contribution in [-0.4, -0.2) is 26.0 Å². The first-order valence-electron chi connectivity index (χ1n) is 7.18. The van der Waals surface area contributed by atoms with Crippen LogP contribution >= 0.6 is 47.0 Å². The van der Waals surface area contributed by atoms with Crippen molar-refractivity contribution in [2.24, 2.45) is 0 Å². The van der Waals surface area contributed by atoms with Crippen molar-refractivity contribution >= 4 is 63.9 Å². The van der Waals surface area contributed by atoms with Gasteiger partial charge in [0.1, 0.15) is 12.0 Å². The van der Waals surface area contributed by atoms with Gasteiger partial charge in [-0.2, -0.15) is 0 Å². The molecular weight excluding hydrogens is 403 g/mol. The first-order valence-corrected chi connectivity index (χ1v) is 8.73. The fraction of sp³-hybridized carbons (Fsp3) is 0.188. The molecule has 0 bridgehead atoms. The predicted molar refractivity (Wildman–Crippen MR) is 106 cm³/mol. The number of rotatable bonds is 4. The minimum absolute atomic E-state index is 0.152. The summed E-state index contributed by atoms with van der Waals surface area (Å²) in [7, 11) is 0. The Balaban J connectivity index is 2.06. The number of nitrogens with one attached hydrogen (secondary N) is 3. The van der Waals surface area contributed by atoms with E-state index in [1.54, 1.807) is 42.6 Å². The summed E-state index contributed by atoms with van der Waals surface area (Å²) in [5.41, 5.74) is 1.39. The number of carbonyl (C=O) groups is 1. The van der Waals surface area contributed by atoms with Gasteiger partial charge >= 0.3 is 0 Å². The maximum atomic E-state index is 12.4. The monoisotopic (exact) mass is 416 g/mol. The van der Waals surface area contributed by atoms with Crippen molar-refractivity contribution in [2.75, 3.05) is 5.32 Å². The lowest BCUT2D eigenvalue weighted by molar-refractivity contribution is 0.0934. The minimum Gasteiger partial charge on any atom is -0.339 e. The molecule has 1 heterocycles. The molecule has 1 aromatic carbocycles. The molecular formula is C16H15Cl3N4OS. The first kappa shape index (κ1) is 19.7. The summed E-state index contributed by atoms with van der Waals surface area (Å²) in [6, 6.07) is 12.3. The SMILES string of the molecule is Cc1cccc(C(=O)N[C@@H](NC(=S)Nc2ccccn2)C(Cl)(Cl)Cl)c1. The smallest absolute Gasteiger partial charge is 0.252 e. The van der Waals surface area contributed by atoms with Crippen molar-refractivity contribution in [3.63, 3.8) is 0 Å². The molecule has 2 rings (SSSR count). The van der Waals surface area contributed by atoms with E-state index in [0.29, 0.717) is 11.4 Å². The molecule has 132 valence electrons. The van der Waals surface area contributed by atoms with Crippen LogP contribution in [0.3, 0.4) is 0 Å². The standard InChI is InChI=1S/C16H15Cl3N4OS/c1-10-5-4-6-11(9-10)13(24)22-14(16(17,18)19)23-15(25)21-12-7-2-3-8-20-12/h2-9,14H,1H3,(H,22,24)(H2,20,21,23,25)/t14-/m0/s1. The van der Waals surface area contributed by atoms with Crippen molar-refractivity contribution in [1.82, 2.24) is 15.6 Å². The Bertz CT molecular complexity index is 753. The van der Waals surface area contributed by atoms with Gasteiger partial charge in [0, 0.05) is 11.8 Å². The number of aromatic nitrogens is 1. The topological polar surface area (TPSA) is 66.1 Å². The number of nitrogens with zero attached hydrogens (tertiary/aromatic N) is 1. The van der Waals surface area contributed by atoms with Gasteiger partial charge in [0.15, 0.2) is 5.11 Å². The van der Waals surface area contributed by atoms with E-state index < -0.39 is 15.9 Å². The Labute approximate surface area is 166 Å². The van der Waals surface area contributed by atoms with E-state index in [1.165, 1.54) is 0 Å². The van der Waals surface area contributed by atoms with Gasteiger partial charge in [0.25, 0.3) is 5.91 Å². The summed E-state index contributed by atoms with van der Waals surface area (Å²) in [5, 5.41) is 8.40. The number of hydrogen-bond acceptors (Lipinski definition) is 3. The van der Waals surface area contributed by atoms with Gasteiger partial charge in [-0.15, -0.1) is 0 Å². The van der Waals surface area contributed by atoms with E-state index in [-0.39, 0.29) is 5.11 Å². The Hall–Kier alpha value is -1.60. The number of anilines is 1. The van der Waals surface area contributed by atoms with Gasteiger partial charge in [-0.05, 0) is 43.4 Å². The second-order valence-electron chi connectivity index (χ2n) is 5.13. The predicted octanol–water partition coefficient (Wildman–Crippen LogP) is 3.80. The second kappa shape index (κ2) is 8.67. The maximum Gasteiger partial charge on any atom is 0.252 e. The summed E-state index contributed by atoms with van der Waals surface area (Å²) in [5.74, 6) is 0.126. The molecule has 0 unspecified atom stereocenters. The number of benzene rings is 1. The molecule has 0 spiro atoms. The molecule has 3 N–H and O–H groups in total. The zero-order chi connectivity index (χ0) is 18.4. The number of halogens is 3. The van der Waals surface area contributed by atoms with E-state index >= 15 is 0 Å². The Kier molecular flexibility index (Phi) is 6.84. The molecule has 0 saturated heterocycles. The highest BCUT2D eigenvalue weighted by atomic mass is 35.6. The molecule has 25 heavy (non-hydrogen) atoms. The molecule has 5 nitrogen and oxygen atoms in total. The van der Waals surface area contributed by atoms with Crippen molar-refractivity contribution in [3.8, 4) is 0 Å². The van der Waals surface area contributed by atoms with Crippen LogP contribution in [0.1, 0.15) is 15.9 Å². The van der Waals surface area contributed by atoms with E-state index in [1.807, 2.05) is 13.0 Å². The van der Waals surface area contributed by atoms with E-state index in [0.717, 1.165) is 5.56 Å². The molecule has 0 saturated carbocycles. The van der Waals surface area contributed by atoms with Crippen molar-refractivity contribution in [2.45, 2.75) is 16.9 Å². The number of thiocarbonyl (C=S) groups is 1. The van der Waals surface area contributed by atoms with Crippen molar-refractivity contribution < 1.29 is 4.79 Å². The molecule has 0 aliphatic rings. The summed E-state index contributed by atoms with van der Waals surface area (Å²) in [4.78, 5) is 16.5. The summed E-state index contributed by atoms with van der Waals surface area (Å²) in [6.45, 7) is 1.88. The quantitative estimate of drug-likeness (QED) is 0.401. The van der Waals surface area contributed by atoms with Gasteiger partial charge in [0.2, 0.25) is 3.79 Å². The fourth-order valence-electron chi connectivity index (χ4n) is 1.92. The maximum absolute atomic E-state index is 12.4. The van der Waals surface area contributed by atoms with Crippen LogP contribution in [0, 0.1) is 6.92 Å². The van der Waals surface area contributed by atoms with Crippen LogP contribution in [0.15, 0.2) is 48.7 Å². The number of hydrogen-bond donors (Lipinski definition) is 3. The normalized spacial score (nSPS) is 12.2. The van der Waals surface area contributed by atoms with E-state index in [4.69, 9.17) is 47.0 Å². The molecule has 2 aromatic rings. The Morgan fingerprint density at radius 1 is 1.16 bits per heavy atom. The minimum atomic E-state index is -1.82. The van der Waals surface area contributed by atoms with Crippen molar-refractivity contribution in [3.05, 3.63) is 59.8 Å². The number of amides is 1. The molecule has 1 atom stereocenters. The number of pyridine rings is 1. The third kappa shape index (κ3) is 6.32. The average Bonchev–Trinajstić information content (AvgIpc) is 2.54. The van der Waals surface area contributed by atoms with Gasteiger partial charge in [-0.25, -0.2) is 4.98 Å². The van der Waals surface area contributed by atoms with Crippen LogP contribution < -0.4 is 16.0 Å². The molecule has 1 aromatic heterocycles. The molecule has 0 aliphatic heterocycles. The molecule has 0 radical (unpaired) electrons. The second-order valence-corrected chi connectivity index (χ2v) is 7.91. The highest BCUT2D eigenvalue weighted by molar-refractivity contribution is 7.80. The van der Waals surface area contributed by atoms with Gasteiger partial charge in [-0.3, -0.25) is 4.79 Å². The van der Waals surface area contributed by atoms with Crippen LogP contribution in [0.5, 0.6) is 0 Å². The van der Waals surface area contributed by atoms with Crippen LogP contribution in [0.4, 0.5) is 5.82 Å². The summed E-state index contributed by atoms with van der Waals surface area (Å²) < 4.78 is -1.82. The number of alkyl halides is 3. The number of carbonyl (C=O) groups excluding carboxylic acids is 1. The molecule has 1 amide bonds. The van der Waals surface area contributed by atoms with Gasteiger partial charge < -0.3 is 16.0 Å². The van der Waals surface area contributed by atoms with Crippen molar-refractivity contribution in [1.29, 1.82) is 0 Å². The average molecular weight is 418 g/mol. The Morgan fingerprint density at radius 2 is 1.92 bits per heavy atom. The fourth-order valence-corrected chi connectivity index (χ4v) is 2.47. The number of aryl methyl sites for hydroxylation is 1. The molecule has 0 aliphatic carbocycles. The van der Waals surface area contributed by atoms with Crippen LogP contribution in [0.25, 0.3) is 0 Å². The van der Waals surface area contributed by atoms with Gasteiger partial charge in [0.05, 0.1) is 0 Å². The first-order chi connectivity index (χ1) is 11.8. The zero-order valence-corrected chi connectivity index (χ0v) is 16.2. The lowest BCUT2D eigenvalue weighted by atomic mass is 10.1. The lowest BCUT2D eigenvalue weighted by Gasteiger charge is -2.27. The third-order valence-electron chi connectivity index (χ3n) is 3.06. The third-order valence-corrected chi connectivity index (χ3v) is 3.94. The van der Waals surface area contributed by atoms with Gasteiger partial charge in [-0.1, -0.05) is 58.6 Å². The lowest BCUT2D eigenvalue weighted by Crippen LogP contribution is -2.56. The largest absolute Gasteiger partial charge is 0.339 e. The summed E-state index contributed by atoms with van der Waals surface area (Å²) >= 11 is 23.1. The highest BCUT2D eigenvalue weighted by Gasteiger charge is 2.34. The Morgan fingerprint density at radius 3 is 2.52 bits per heavy atom. The molecule has 0 fully saturated rings. The zero-order valence-electron chi connectivity index (χ0n) is 13.1. The van der Waals surface area contributed by atoms with E-state index in [9.17, 15) is 4.79 Å². The highest BCUT2D eigenvalue weighted by Crippen LogP contribution is 2.29.